The predicted molar refractivity (Wildman–Crippen MR) is 103 cm³/mol. The molecule has 3 heterocycles. The van der Waals surface area contributed by atoms with Gasteiger partial charge in [0.15, 0.2) is 10.8 Å². The van der Waals surface area contributed by atoms with Crippen LogP contribution in [-0.4, -0.2) is 63.1 Å². The topological polar surface area (TPSA) is 85.1 Å². The number of rotatable bonds is 5. The zero-order valence-corrected chi connectivity index (χ0v) is 16.8. The maximum atomic E-state index is 13.0. The summed E-state index contributed by atoms with van der Waals surface area (Å²) in [6, 6.07) is -0.170. The number of fused-ring (bicyclic) bond motifs is 2. The third-order valence-corrected chi connectivity index (χ3v) is 5.41. The first-order valence-electron chi connectivity index (χ1n) is 8.73. The van der Waals surface area contributed by atoms with Crippen molar-refractivity contribution in [3.8, 4) is 0 Å². The Bertz CT molecular complexity index is 880. The van der Waals surface area contributed by atoms with Crippen LogP contribution in [0.15, 0.2) is 16.1 Å². The first-order chi connectivity index (χ1) is 12.2. The summed E-state index contributed by atoms with van der Waals surface area (Å²) in [6.45, 7) is 7.47. The summed E-state index contributed by atoms with van der Waals surface area (Å²) < 4.78 is 3.44. The molecule has 9 heteroatoms. The van der Waals surface area contributed by atoms with Crippen molar-refractivity contribution in [1.29, 1.82) is 0 Å². The second-order valence-corrected chi connectivity index (χ2v) is 8.84. The zero-order valence-electron chi connectivity index (χ0n) is 15.9. The van der Waals surface area contributed by atoms with E-state index in [0.717, 1.165) is 6.54 Å². The fourth-order valence-corrected chi connectivity index (χ4v) is 4.11. The smallest absolute Gasteiger partial charge is 0.265 e. The van der Waals surface area contributed by atoms with Gasteiger partial charge in [-0.2, -0.15) is 5.10 Å². The van der Waals surface area contributed by atoms with Crippen molar-refractivity contribution in [1.82, 2.24) is 29.5 Å². The number of carbonyl (C=O) groups excluding carboxylic acids is 1. The van der Waals surface area contributed by atoms with Crippen LogP contribution in [0.5, 0.6) is 0 Å². The zero-order chi connectivity index (χ0) is 19.1. The van der Waals surface area contributed by atoms with Crippen LogP contribution in [0.1, 0.15) is 33.2 Å². The molecule has 3 rings (SSSR count). The number of hydrogen-bond donors (Lipinski definition) is 1. The van der Waals surface area contributed by atoms with E-state index < -0.39 is 0 Å². The molecule has 0 bridgehead atoms. The van der Waals surface area contributed by atoms with E-state index in [1.165, 1.54) is 11.8 Å². The molecular formula is C17H26N6O2S. The molecule has 2 aromatic rings. The summed E-state index contributed by atoms with van der Waals surface area (Å²) in [6.07, 6.45) is 1.87. The fraction of sp³-hybridized carbons (Fsp3) is 0.647. The van der Waals surface area contributed by atoms with E-state index in [-0.39, 0.29) is 29.5 Å². The summed E-state index contributed by atoms with van der Waals surface area (Å²) in [5, 5.41) is 8.44. The van der Waals surface area contributed by atoms with Crippen molar-refractivity contribution in [3.63, 3.8) is 0 Å². The molecule has 0 fully saturated rings. The fourth-order valence-electron chi connectivity index (χ4n) is 2.98. The maximum absolute atomic E-state index is 13.0. The van der Waals surface area contributed by atoms with Gasteiger partial charge in [0, 0.05) is 25.3 Å². The van der Waals surface area contributed by atoms with E-state index in [0.29, 0.717) is 28.5 Å². The van der Waals surface area contributed by atoms with Crippen LogP contribution in [0.25, 0.3) is 11.0 Å². The molecule has 0 aromatic carbocycles. The summed E-state index contributed by atoms with van der Waals surface area (Å²) in [5.74, 6) is 0.640. The minimum absolute atomic E-state index is 0.0392. The summed E-state index contributed by atoms with van der Waals surface area (Å²) >= 11 is 1.52. The molecule has 1 atom stereocenters. The lowest BCUT2D eigenvalue weighted by atomic mass is 10.1. The Morgan fingerprint density at radius 3 is 2.81 bits per heavy atom. The standard InChI is InChI=1S/C17H26N6O2S/c1-17(2,3)23-14-12(9-19-23)15(25)22-11(10-26-16(22)20-14)8-13(24)18-6-7-21(4)5/h9,11H,6-8,10H2,1-5H3,(H,18,24). The average molecular weight is 379 g/mol. The Morgan fingerprint density at radius 2 is 2.15 bits per heavy atom. The Morgan fingerprint density at radius 1 is 1.42 bits per heavy atom. The number of thioether (sulfide) groups is 1. The van der Waals surface area contributed by atoms with Gasteiger partial charge in [0.1, 0.15) is 5.39 Å². The molecule has 142 valence electrons. The third kappa shape index (κ3) is 3.64. The van der Waals surface area contributed by atoms with Crippen molar-refractivity contribution >= 4 is 28.7 Å². The second-order valence-electron chi connectivity index (χ2n) is 7.86. The normalized spacial score (nSPS) is 17.1. The van der Waals surface area contributed by atoms with Gasteiger partial charge in [-0.1, -0.05) is 11.8 Å². The molecule has 1 aliphatic heterocycles. The highest BCUT2D eigenvalue weighted by atomic mass is 32.2. The van der Waals surface area contributed by atoms with Gasteiger partial charge in [0.25, 0.3) is 5.56 Å². The Kier molecular flexibility index (Phi) is 5.12. The molecule has 0 saturated heterocycles. The van der Waals surface area contributed by atoms with Gasteiger partial charge >= 0.3 is 0 Å². The number of nitrogens with one attached hydrogen (secondary N) is 1. The van der Waals surface area contributed by atoms with Crippen molar-refractivity contribution < 1.29 is 4.79 Å². The lowest BCUT2D eigenvalue weighted by Gasteiger charge is -2.20. The molecule has 1 amide bonds. The molecule has 1 N–H and O–H groups in total. The van der Waals surface area contributed by atoms with Crippen LogP contribution in [0.2, 0.25) is 0 Å². The van der Waals surface area contributed by atoms with Gasteiger partial charge in [-0.15, -0.1) is 0 Å². The van der Waals surface area contributed by atoms with E-state index >= 15 is 0 Å². The van der Waals surface area contributed by atoms with Gasteiger partial charge < -0.3 is 10.2 Å². The first kappa shape index (κ1) is 18.9. The Hall–Kier alpha value is -1.87. The van der Waals surface area contributed by atoms with Crippen LogP contribution in [0.4, 0.5) is 0 Å². The highest BCUT2D eigenvalue weighted by Gasteiger charge is 2.30. The van der Waals surface area contributed by atoms with Gasteiger partial charge in [0.2, 0.25) is 5.91 Å². The van der Waals surface area contributed by atoms with E-state index in [2.05, 4.69) is 15.4 Å². The van der Waals surface area contributed by atoms with Crippen LogP contribution in [0, 0.1) is 0 Å². The van der Waals surface area contributed by atoms with E-state index in [1.807, 2.05) is 39.8 Å². The summed E-state index contributed by atoms with van der Waals surface area (Å²) in [4.78, 5) is 31.9. The van der Waals surface area contributed by atoms with Gasteiger partial charge in [-0.25, -0.2) is 9.67 Å². The average Bonchev–Trinajstić information content (AvgIpc) is 3.11. The number of carbonyl (C=O) groups is 1. The van der Waals surface area contributed by atoms with Gasteiger partial charge in [-0.05, 0) is 34.9 Å². The predicted octanol–water partition coefficient (Wildman–Crippen LogP) is 1.06. The van der Waals surface area contributed by atoms with Crippen molar-refractivity contribution in [2.45, 2.75) is 43.9 Å². The molecule has 2 aromatic heterocycles. The van der Waals surface area contributed by atoms with Crippen molar-refractivity contribution in [2.75, 3.05) is 32.9 Å². The van der Waals surface area contributed by atoms with Gasteiger partial charge in [-0.3, -0.25) is 14.2 Å². The highest BCUT2D eigenvalue weighted by Crippen LogP contribution is 2.33. The van der Waals surface area contributed by atoms with Crippen LogP contribution >= 0.6 is 11.8 Å². The number of likely N-dealkylation sites (N-methyl/N-ethyl adjacent to an activating group) is 1. The summed E-state index contributed by atoms with van der Waals surface area (Å²) in [7, 11) is 3.93. The third-order valence-electron chi connectivity index (χ3n) is 4.31. The Labute approximate surface area is 156 Å². The van der Waals surface area contributed by atoms with Gasteiger partial charge in [0.05, 0.1) is 17.8 Å². The van der Waals surface area contributed by atoms with Crippen molar-refractivity contribution in [3.05, 3.63) is 16.6 Å². The molecule has 8 nitrogen and oxygen atoms in total. The van der Waals surface area contributed by atoms with E-state index in [1.54, 1.807) is 15.4 Å². The lowest BCUT2D eigenvalue weighted by Crippen LogP contribution is -2.34. The molecule has 0 saturated carbocycles. The first-order valence-corrected chi connectivity index (χ1v) is 9.72. The molecule has 26 heavy (non-hydrogen) atoms. The number of aromatic nitrogens is 4. The SMILES string of the molecule is CN(C)CCNC(=O)CC1CSc2nc3c(cnn3C(C)(C)C)c(=O)n21. The molecule has 1 unspecified atom stereocenters. The maximum Gasteiger partial charge on any atom is 0.265 e. The van der Waals surface area contributed by atoms with Crippen LogP contribution in [-0.2, 0) is 10.3 Å². The monoisotopic (exact) mass is 378 g/mol. The molecule has 0 radical (unpaired) electrons. The second kappa shape index (κ2) is 7.03. The van der Waals surface area contributed by atoms with E-state index in [9.17, 15) is 9.59 Å². The lowest BCUT2D eigenvalue weighted by molar-refractivity contribution is -0.121. The highest BCUT2D eigenvalue weighted by molar-refractivity contribution is 7.99. The van der Waals surface area contributed by atoms with Crippen molar-refractivity contribution in [2.24, 2.45) is 0 Å². The number of nitrogens with zero attached hydrogens (tertiary/aromatic N) is 5. The number of hydrogen-bond acceptors (Lipinski definition) is 6. The van der Waals surface area contributed by atoms with Crippen LogP contribution < -0.4 is 10.9 Å². The summed E-state index contributed by atoms with van der Waals surface area (Å²) in [5.41, 5.74) is 0.240. The molecule has 0 spiro atoms. The Balaban J connectivity index is 1.85. The van der Waals surface area contributed by atoms with E-state index in [4.69, 9.17) is 0 Å². The largest absolute Gasteiger partial charge is 0.355 e. The van der Waals surface area contributed by atoms with Crippen LogP contribution in [0.3, 0.4) is 0 Å². The molecule has 0 aliphatic carbocycles. The minimum Gasteiger partial charge on any atom is -0.355 e. The molecule has 1 aliphatic rings. The molecular weight excluding hydrogens is 352 g/mol. The number of amides is 1. The quantitative estimate of drug-likeness (QED) is 0.783. The minimum atomic E-state index is -0.255.